The third-order valence-corrected chi connectivity index (χ3v) is 5.66. The lowest BCUT2D eigenvalue weighted by atomic mass is 9.92. The SMILES string of the molecule is CN1CC(=O)N(c2cccnc2)CC12CCN(C(=O)c1cccc(Cl)n1)C2. The van der Waals surface area contributed by atoms with Gasteiger partial charge >= 0.3 is 0 Å². The van der Waals surface area contributed by atoms with Crippen LogP contribution in [0.2, 0.25) is 5.15 Å². The average Bonchev–Trinajstić information content (AvgIpc) is 3.10. The first kappa shape index (κ1) is 17.9. The minimum Gasteiger partial charge on any atom is -0.335 e. The molecule has 0 N–H and O–H groups in total. The van der Waals surface area contributed by atoms with Crippen molar-refractivity contribution in [3.05, 3.63) is 53.6 Å². The number of halogens is 1. The van der Waals surface area contributed by atoms with Crippen LogP contribution < -0.4 is 4.90 Å². The van der Waals surface area contributed by atoms with E-state index in [1.54, 1.807) is 40.4 Å². The molecule has 4 rings (SSSR count). The van der Waals surface area contributed by atoms with Crippen molar-refractivity contribution in [3.8, 4) is 0 Å². The highest BCUT2D eigenvalue weighted by atomic mass is 35.5. The number of likely N-dealkylation sites (tertiary alicyclic amines) is 1. The van der Waals surface area contributed by atoms with Gasteiger partial charge in [-0.05, 0) is 37.7 Å². The maximum absolute atomic E-state index is 12.8. The monoisotopic (exact) mass is 385 g/mol. The summed E-state index contributed by atoms with van der Waals surface area (Å²) < 4.78 is 0. The number of piperazine rings is 1. The Morgan fingerprint density at radius 2 is 2.07 bits per heavy atom. The van der Waals surface area contributed by atoms with Gasteiger partial charge in [-0.3, -0.25) is 19.5 Å². The van der Waals surface area contributed by atoms with E-state index in [2.05, 4.69) is 14.9 Å². The van der Waals surface area contributed by atoms with E-state index in [1.165, 1.54) is 0 Å². The molecule has 0 aromatic carbocycles. The van der Waals surface area contributed by atoms with Crippen LogP contribution in [0.1, 0.15) is 16.9 Å². The molecular weight excluding hydrogens is 366 g/mol. The van der Waals surface area contributed by atoms with Crippen LogP contribution in [0.5, 0.6) is 0 Å². The molecule has 2 aromatic rings. The number of carbonyl (C=O) groups excluding carboxylic acids is 2. The first-order valence-electron chi connectivity index (χ1n) is 8.82. The van der Waals surface area contributed by atoms with Gasteiger partial charge in [0, 0.05) is 25.8 Å². The summed E-state index contributed by atoms with van der Waals surface area (Å²) in [5.41, 5.74) is 0.854. The Labute approximate surface area is 162 Å². The number of amides is 2. The minimum absolute atomic E-state index is 0.0393. The Morgan fingerprint density at radius 1 is 1.22 bits per heavy atom. The molecule has 2 fully saturated rings. The Balaban J connectivity index is 1.56. The van der Waals surface area contributed by atoms with E-state index in [1.807, 2.05) is 19.2 Å². The number of pyridine rings is 2. The summed E-state index contributed by atoms with van der Waals surface area (Å²) in [6.07, 6.45) is 4.18. The van der Waals surface area contributed by atoms with Gasteiger partial charge in [-0.25, -0.2) is 4.98 Å². The van der Waals surface area contributed by atoms with Crippen molar-refractivity contribution >= 4 is 29.1 Å². The normalized spacial score (nSPS) is 23.3. The average molecular weight is 386 g/mol. The third-order valence-electron chi connectivity index (χ3n) is 5.45. The molecular formula is C19H20ClN5O2. The molecule has 1 spiro atoms. The number of hydrogen-bond acceptors (Lipinski definition) is 5. The Morgan fingerprint density at radius 3 is 2.81 bits per heavy atom. The first-order valence-corrected chi connectivity index (χ1v) is 9.20. The van der Waals surface area contributed by atoms with Gasteiger partial charge in [-0.1, -0.05) is 17.7 Å². The molecule has 2 amide bonds. The van der Waals surface area contributed by atoms with Gasteiger partial charge in [0.05, 0.1) is 24.0 Å². The van der Waals surface area contributed by atoms with Crippen molar-refractivity contribution in [3.63, 3.8) is 0 Å². The Bertz CT molecular complexity index is 877. The van der Waals surface area contributed by atoms with Crippen molar-refractivity contribution in [2.75, 3.05) is 38.1 Å². The number of rotatable bonds is 2. The molecule has 1 atom stereocenters. The molecule has 1 unspecified atom stereocenters. The largest absolute Gasteiger partial charge is 0.335 e. The summed E-state index contributed by atoms with van der Waals surface area (Å²) >= 11 is 5.92. The van der Waals surface area contributed by atoms with Crippen LogP contribution in [0.25, 0.3) is 0 Å². The Kier molecular flexibility index (Phi) is 4.57. The van der Waals surface area contributed by atoms with Crippen LogP contribution in [-0.2, 0) is 4.79 Å². The molecule has 2 aliphatic rings. The lowest BCUT2D eigenvalue weighted by molar-refractivity contribution is -0.123. The fraction of sp³-hybridized carbons (Fsp3) is 0.368. The summed E-state index contributed by atoms with van der Waals surface area (Å²) in [7, 11) is 1.95. The second kappa shape index (κ2) is 6.90. The highest BCUT2D eigenvalue weighted by molar-refractivity contribution is 6.29. The molecule has 2 aromatic heterocycles. The van der Waals surface area contributed by atoms with Gasteiger partial charge < -0.3 is 9.80 Å². The molecule has 0 radical (unpaired) electrons. The molecule has 2 aliphatic heterocycles. The molecule has 0 aliphatic carbocycles. The summed E-state index contributed by atoms with van der Waals surface area (Å²) in [6, 6.07) is 8.76. The fourth-order valence-electron chi connectivity index (χ4n) is 3.87. The number of likely N-dealkylation sites (N-methyl/N-ethyl adjacent to an activating group) is 1. The van der Waals surface area contributed by atoms with E-state index in [9.17, 15) is 9.59 Å². The molecule has 0 bridgehead atoms. The highest BCUT2D eigenvalue weighted by Crippen LogP contribution is 2.33. The molecule has 140 valence electrons. The van der Waals surface area contributed by atoms with Crippen molar-refractivity contribution in [1.29, 1.82) is 0 Å². The van der Waals surface area contributed by atoms with E-state index in [0.29, 0.717) is 37.0 Å². The second-order valence-corrected chi connectivity index (χ2v) is 7.48. The molecule has 8 heteroatoms. The van der Waals surface area contributed by atoms with Crippen LogP contribution in [0.4, 0.5) is 5.69 Å². The molecule has 27 heavy (non-hydrogen) atoms. The number of hydrogen-bond donors (Lipinski definition) is 0. The molecule has 0 saturated carbocycles. The van der Waals surface area contributed by atoms with Crippen LogP contribution in [0, 0.1) is 0 Å². The van der Waals surface area contributed by atoms with Gasteiger partial charge in [-0.2, -0.15) is 0 Å². The summed E-state index contributed by atoms with van der Waals surface area (Å²) in [5.74, 6) is -0.0926. The maximum Gasteiger partial charge on any atom is 0.272 e. The number of carbonyl (C=O) groups is 2. The third kappa shape index (κ3) is 3.28. The van der Waals surface area contributed by atoms with Crippen molar-refractivity contribution in [1.82, 2.24) is 19.8 Å². The zero-order valence-corrected chi connectivity index (χ0v) is 15.8. The minimum atomic E-state index is -0.280. The number of aromatic nitrogens is 2. The van der Waals surface area contributed by atoms with Crippen LogP contribution in [0.15, 0.2) is 42.7 Å². The molecule has 7 nitrogen and oxygen atoms in total. The van der Waals surface area contributed by atoms with Gasteiger partial charge in [0.15, 0.2) is 0 Å². The predicted molar refractivity (Wildman–Crippen MR) is 102 cm³/mol. The standard InChI is InChI=1S/C19H20ClN5O2/c1-23-11-17(26)25(14-4-3-8-21-10-14)13-19(23)7-9-24(12-19)18(27)15-5-2-6-16(20)22-15/h2-6,8,10H,7,9,11-13H2,1H3. The first-order chi connectivity index (χ1) is 13.0. The topological polar surface area (TPSA) is 69.6 Å². The second-order valence-electron chi connectivity index (χ2n) is 7.09. The van der Waals surface area contributed by atoms with E-state index in [0.717, 1.165) is 12.1 Å². The zero-order chi connectivity index (χ0) is 19.0. The van der Waals surface area contributed by atoms with Crippen LogP contribution in [0.3, 0.4) is 0 Å². The fourth-order valence-corrected chi connectivity index (χ4v) is 4.03. The number of anilines is 1. The lowest BCUT2D eigenvalue weighted by Crippen LogP contribution is -2.64. The van der Waals surface area contributed by atoms with Crippen LogP contribution >= 0.6 is 11.6 Å². The van der Waals surface area contributed by atoms with Gasteiger partial charge in [0.1, 0.15) is 10.8 Å². The molecule has 4 heterocycles. The number of nitrogens with zero attached hydrogens (tertiary/aromatic N) is 5. The van der Waals surface area contributed by atoms with Gasteiger partial charge in [0.25, 0.3) is 5.91 Å². The summed E-state index contributed by atoms with van der Waals surface area (Å²) in [5, 5.41) is 0.304. The van der Waals surface area contributed by atoms with Gasteiger partial charge in [-0.15, -0.1) is 0 Å². The van der Waals surface area contributed by atoms with Crippen molar-refractivity contribution < 1.29 is 9.59 Å². The summed E-state index contributed by atoms with van der Waals surface area (Å²) in [4.78, 5) is 39.3. The van der Waals surface area contributed by atoms with Crippen molar-refractivity contribution in [2.24, 2.45) is 0 Å². The predicted octanol–water partition coefficient (Wildman–Crippen LogP) is 1.69. The van der Waals surface area contributed by atoms with E-state index >= 15 is 0 Å². The maximum atomic E-state index is 12.8. The van der Waals surface area contributed by atoms with Gasteiger partial charge in [0.2, 0.25) is 5.91 Å². The van der Waals surface area contributed by atoms with Crippen LogP contribution in [-0.4, -0.2) is 70.3 Å². The van der Waals surface area contributed by atoms with E-state index in [4.69, 9.17) is 11.6 Å². The Hall–Kier alpha value is -2.51. The highest BCUT2D eigenvalue weighted by Gasteiger charge is 2.48. The summed E-state index contributed by atoms with van der Waals surface area (Å²) in [6.45, 7) is 2.00. The van der Waals surface area contributed by atoms with E-state index in [-0.39, 0.29) is 17.4 Å². The quantitative estimate of drug-likeness (QED) is 0.736. The van der Waals surface area contributed by atoms with E-state index < -0.39 is 0 Å². The lowest BCUT2D eigenvalue weighted by Gasteiger charge is -2.46. The smallest absolute Gasteiger partial charge is 0.272 e. The molecule has 2 saturated heterocycles. The zero-order valence-electron chi connectivity index (χ0n) is 15.0. The van der Waals surface area contributed by atoms with Crippen molar-refractivity contribution in [2.45, 2.75) is 12.0 Å².